The van der Waals surface area contributed by atoms with Crippen LogP contribution in [0.2, 0.25) is 5.02 Å². The summed E-state index contributed by atoms with van der Waals surface area (Å²) in [6.45, 7) is 1.72. The molecule has 7 heteroatoms. The van der Waals surface area contributed by atoms with E-state index in [4.69, 9.17) is 23.8 Å². The highest BCUT2D eigenvalue weighted by atomic mass is 79.9. The summed E-state index contributed by atoms with van der Waals surface area (Å²) < 4.78 is 2.90. The van der Waals surface area contributed by atoms with Gasteiger partial charge in [0.15, 0.2) is 5.11 Å². The van der Waals surface area contributed by atoms with E-state index in [2.05, 4.69) is 31.5 Å². The zero-order valence-corrected chi connectivity index (χ0v) is 13.8. The number of hydrogen-bond donors (Lipinski definition) is 2. The molecule has 1 heterocycles. The molecule has 0 atom stereocenters. The van der Waals surface area contributed by atoms with Crippen LogP contribution in [0.15, 0.2) is 41.4 Å². The molecule has 0 amide bonds. The Bertz CT molecular complexity index is 574. The number of imidazole rings is 1. The van der Waals surface area contributed by atoms with Gasteiger partial charge in [0.2, 0.25) is 0 Å². The molecular formula is C13H14BrClN4S. The predicted octanol–water partition coefficient (Wildman–Crippen LogP) is 3.68. The molecule has 1 aromatic carbocycles. The van der Waals surface area contributed by atoms with Crippen molar-refractivity contribution in [3.63, 3.8) is 0 Å². The van der Waals surface area contributed by atoms with E-state index in [9.17, 15) is 0 Å². The Balaban J connectivity index is 1.71. The van der Waals surface area contributed by atoms with Crippen LogP contribution in [0.25, 0.3) is 0 Å². The molecule has 4 nitrogen and oxygen atoms in total. The third-order valence-electron chi connectivity index (χ3n) is 2.62. The molecule has 20 heavy (non-hydrogen) atoms. The van der Waals surface area contributed by atoms with Crippen molar-refractivity contribution >= 4 is 50.5 Å². The Morgan fingerprint density at radius 1 is 1.45 bits per heavy atom. The van der Waals surface area contributed by atoms with E-state index in [1.165, 1.54) is 0 Å². The standard InChI is InChI=1S/C13H14BrClN4S/c14-11-3-2-10(8-12(11)15)18-13(20)17-4-1-6-19-7-5-16-9-19/h2-3,5,7-9H,1,4,6H2,(H2,17,18,20). The predicted molar refractivity (Wildman–Crippen MR) is 90.2 cm³/mol. The van der Waals surface area contributed by atoms with Gasteiger partial charge in [-0.1, -0.05) is 11.6 Å². The summed E-state index contributed by atoms with van der Waals surface area (Å²) in [6.07, 6.45) is 6.50. The van der Waals surface area contributed by atoms with E-state index in [1.807, 2.05) is 29.0 Å². The third-order valence-corrected chi connectivity index (χ3v) is 4.09. The van der Waals surface area contributed by atoms with Crippen molar-refractivity contribution in [3.8, 4) is 0 Å². The number of halogens is 2. The Kier molecular flexibility index (Phi) is 5.82. The zero-order chi connectivity index (χ0) is 14.4. The van der Waals surface area contributed by atoms with Crippen molar-refractivity contribution in [3.05, 3.63) is 46.4 Å². The van der Waals surface area contributed by atoms with Gasteiger partial charge in [0.25, 0.3) is 0 Å². The fraction of sp³-hybridized carbons (Fsp3) is 0.231. The second-order valence-electron chi connectivity index (χ2n) is 4.16. The molecule has 0 aliphatic rings. The van der Waals surface area contributed by atoms with Gasteiger partial charge >= 0.3 is 0 Å². The highest BCUT2D eigenvalue weighted by Gasteiger charge is 2.01. The summed E-state index contributed by atoms with van der Waals surface area (Å²) in [5, 5.41) is 7.50. The van der Waals surface area contributed by atoms with E-state index < -0.39 is 0 Å². The average molecular weight is 374 g/mol. The Labute approximate surface area is 136 Å². The topological polar surface area (TPSA) is 41.9 Å². The van der Waals surface area contributed by atoms with Gasteiger partial charge < -0.3 is 15.2 Å². The van der Waals surface area contributed by atoms with Crippen LogP contribution in [-0.2, 0) is 6.54 Å². The summed E-state index contributed by atoms with van der Waals surface area (Å²) in [7, 11) is 0. The summed E-state index contributed by atoms with van der Waals surface area (Å²) in [5.74, 6) is 0. The molecule has 0 saturated carbocycles. The lowest BCUT2D eigenvalue weighted by molar-refractivity contribution is 0.632. The summed E-state index contributed by atoms with van der Waals surface area (Å²) >= 11 is 14.6. The van der Waals surface area contributed by atoms with Crippen LogP contribution in [0.4, 0.5) is 5.69 Å². The lowest BCUT2D eigenvalue weighted by Gasteiger charge is -2.11. The Morgan fingerprint density at radius 3 is 3.00 bits per heavy atom. The molecule has 0 fully saturated rings. The molecule has 0 radical (unpaired) electrons. The molecule has 106 valence electrons. The first-order chi connectivity index (χ1) is 9.65. The smallest absolute Gasteiger partial charge is 0.170 e. The molecule has 2 rings (SSSR count). The van der Waals surface area contributed by atoms with Crippen molar-refractivity contribution in [2.45, 2.75) is 13.0 Å². The number of nitrogens with one attached hydrogen (secondary N) is 2. The first kappa shape index (κ1) is 15.3. The average Bonchev–Trinajstić information content (AvgIpc) is 2.92. The van der Waals surface area contributed by atoms with Gasteiger partial charge in [0, 0.05) is 35.6 Å². The number of thiocarbonyl (C=S) groups is 1. The fourth-order valence-electron chi connectivity index (χ4n) is 1.63. The third kappa shape index (κ3) is 4.77. The van der Waals surface area contributed by atoms with Crippen LogP contribution in [0.1, 0.15) is 6.42 Å². The Hall–Kier alpha value is -1.11. The van der Waals surface area contributed by atoms with Crippen LogP contribution in [0.5, 0.6) is 0 Å². The van der Waals surface area contributed by atoms with Gasteiger partial charge in [0.1, 0.15) is 0 Å². The lowest BCUT2D eigenvalue weighted by atomic mass is 10.3. The highest BCUT2D eigenvalue weighted by Crippen LogP contribution is 2.25. The van der Waals surface area contributed by atoms with Gasteiger partial charge in [-0.3, -0.25) is 0 Å². The molecular weight excluding hydrogens is 360 g/mol. The summed E-state index contributed by atoms with van der Waals surface area (Å²) in [5.41, 5.74) is 0.866. The number of aromatic nitrogens is 2. The summed E-state index contributed by atoms with van der Waals surface area (Å²) in [4.78, 5) is 4.00. The van der Waals surface area contributed by atoms with E-state index in [-0.39, 0.29) is 0 Å². The molecule has 0 aliphatic carbocycles. The zero-order valence-electron chi connectivity index (χ0n) is 10.6. The second-order valence-corrected chi connectivity index (χ2v) is 5.83. The minimum atomic E-state index is 0.592. The van der Waals surface area contributed by atoms with Crippen molar-refractivity contribution in [1.29, 1.82) is 0 Å². The molecule has 0 bridgehead atoms. The van der Waals surface area contributed by atoms with Crippen LogP contribution in [-0.4, -0.2) is 21.2 Å². The minimum Gasteiger partial charge on any atom is -0.362 e. The fourth-order valence-corrected chi connectivity index (χ4v) is 2.28. The number of hydrogen-bond acceptors (Lipinski definition) is 2. The molecule has 0 aliphatic heterocycles. The van der Waals surface area contributed by atoms with Crippen molar-refractivity contribution < 1.29 is 0 Å². The maximum atomic E-state index is 6.02. The van der Waals surface area contributed by atoms with Gasteiger partial charge in [-0.05, 0) is 52.8 Å². The normalized spacial score (nSPS) is 10.3. The first-order valence-electron chi connectivity index (χ1n) is 6.11. The largest absolute Gasteiger partial charge is 0.362 e. The molecule has 0 saturated heterocycles. The van der Waals surface area contributed by atoms with E-state index in [1.54, 1.807) is 12.5 Å². The number of benzene rings is 1. The number of nitrogens with zero attached hydrogens (tertiary/aromatic N) is 2. The number of rotatable bonds is 5. The monoisotopic (exact) mass is 372 g/mol. The van der Waals surface area contributed by atoms with E-state index in [0.29, 0.717) is 10.1 Å². The molecule has 0 unspecified atom stereocenters. The van der Waals surface area contributed by atoms with Crippen LogP contribution in [0.3, 0.4) is 0 Å². The quantitative estimate of drug-likeness (QED) is 0.620. The minimum absolute atomic E-state index is 0.592. The van der Waals surface area contributed by atoms with Crippen molar-refractivity contribution in [2.24, 2.45) is 0 Å². The second kappa shape index (κ2) is 7.61. The SMILES string of the molecule is S=C(NCCCn1ccnc1)Nc1ccc(Br)c(Cl)c1. The first-order valence-corrected chi connectivity index (χ1v) is 7.69. The van der Waals surface area contributed by atoms with Crippen molar-refractivity contribution in [2.75, 3.05) is 11.9 Å². The maximum absolute atomic E-state index is 6.02. The number of anilines is 1. The lowest BCUT2D eigenvalue weighted by Crippen LogP contribution is -2.29. The Morgan fingerprint density at radius 2 is 2.30 bits per heavy atom. The van der Waals surface area contributed by atoms with Crippen LogP contribution >= 0.6 is 39.7 Å². The van der Waals surface area contributed by atoms with Crippen LogP contribution < -0.4 is 10.6 Å². The maximum Gasteiger partial charge on any atom is 0.170 e. The molecule has 2 N–H and O–H groups in total. The molecule has 0 spiro atoms. The van der Waals surface area contributed by atoms with Crippen molar-refractivity contribution in [1.82, 2.24) is 14.9 Å². The summed E-state index contributed by atoms with van der Waals surface area (Å²) in [6, 6.07) is 5.62. The van der Waals surface area contributed by atoms with Gasteiger partial charge in [-0.25, -0.2) is 4.98 Å². The van der Waals surface area contributed by atoms with E-state index >= 15 is 0 Å². The van der Waals surface area contributed by atoms with E-state index in [0.717, 1.165) is 29.7 Å². The van der Waals surface area contributed by atoms with Gasteiger partial charge in [-0.2, -0.15) is 0 Å². The molecule has 2 aromatic rings. The number of aryl methyl sites for hydroxylation is 1. The van der Waals surface area contributed by atoms with Crippen LogP contribution in [0, 0.1) is 0 Å². The highest BCUT2D eigenvalue weighted by molar-refractivity contribution is 9.10. The van der Waals surface area contributed by atoms with Gasteiger partial charge in [0.05, 0.1) is 11.3 Å². The molecule has 1 aromatic heterocycles. The van der Waals surface area contributed by atoms with Gasteiger partial charge in [-0.15, -0.1) is 0 Å².